The van der Waals surface area contributed by atoms with Crippen molar-refractivity contribution in [3.63, 3.8) is 0 Å². The van der Waals surface area contributed by atoms with Crippen LogP contribution in [-0.2, 0) is 11.3 Å². The van der Waals surface area contributed by atoms with E-state index in [1.54, 1.807) is 7.11 Å². The van der Waals surface area contributed by atoms with E-state index < -0.39 is 0 Å². The molecule has 0 saturated heterocycles. The molecule has 18 heavy (non-hydrogen) atoms. The number of hydrogen-bond donors (Lipinski definition) is 0. The van der Waals surface area contributed by atoms with Crippen molar-refractivity contribution >= 4 is 0 Å². The van der Waals surface area contributed by atoms with Gasteiger partial charge in [0.25, 0.3) is 0 Å². The molecule has 0 radical (unpaired) electrons. The maximum atomic E-state index is 5.42. The predicted molar refractivity (Wildman–Crippen MR) is 75.7 cm³/mol. The van der Waals surface area contributed by atoms with Gasteiger partial charge < -0.3 is 9.30 Å². The Morgan fingerprint density at radius 3 is 2.78 bits per heavy atom. The summed E-state index contributed by atoms with van der Waals surface area (Å²) in [6.45, 7) is 9.43. The summed E-state index contributed by atoms with van der Waals surface area (Å²) in [4.78, 5) is 4.22. The number of nitrogens with zero attached hydrogens (tertiary/aromatic N) is 2. The van der Waals surface area contributed by atoms with Crippen molar-refractivity contribution in [3.8, 4) is 0 Å². The van der Waals surface area contributed by atoms with Gasteiger partial charge in [-0.3, -0.25) is 0 Å². The summed E-state index contributed by atoms with van der Waals surface area (Å²) < 4.78 is 7.58. The molecule has 0 unspecified atom stereocenters. The van der Waals surface area contributed by atoms with E-state index in [-0.39, 0.29) is 5.60 Å². The maximum absolute atomic E-state index is 5.42. The molecule has 3 nitrogen and oxygen atoms in total. The Hall–Kier alpha value is -1.09. The van der Waals surface area contributed by atoms with Crippen LogP contribution in [0.1, 0.15) is 45.9 Å². The fraction of sp³-hybridized carbons (Fsp3) is 0.667. The molecular weight excluding hydrogens is 224 g/mol. The summed E-state index contributed by atoms with van der Waals surface area (Å²) in [5, 5.41) is 0. The van der Waals surface area contributed by atoms with Crippen LogP contribution < -0.4 is 0 Å². The Bertz CT molecular complexity index is 391. The van der Waals surface area contributed by atoms with Gasteiger partial charge in [0, 0.05) is 26.0 Å². The third kappa shape index (κ3) is 5.05. The first-order chi connectivity index (χ1) is 8.44. The smallest absolute Gasteiger partial charge is 0.105 e. The lowest BCUT2D eigenvalue weighted by Gasteiger charge is -2.22. The molecule has 0 aliphatic heterocycles. The van der Waals surface area contributed by atoms with Crippen LogP contribution in [-0.4, -0.2) is 22.3 Å². The fourth-order valence-electron chi connectivity index (χ4n) is 1.85. The monoisotopic (exact) mass is 250 g/mol. The number of aromatic nitrogens is 2. The highest BCUT2D eigenvalue weighted by molar-refractivity contribution is 5.00. The highest BCUT2D eigenvalue weighted by Crippen LogP contribution is 2.18. The van der Waals surface area contributed by atoms with Gasteiger partial charge in [0.2, 0.25) is 0 Å². The standard InChI is InChI=1S/C15H26N2O/c1-13(7-6-9-15(3,4)18-5)8-11-17-12-10-16-14(17)2/h8,10,12H,6-7,9,11H2,1-5H3/b13-8+. The number of hydrogen-bond acceptors (Lipinski definition) is 2. The molecule has 0 aromatic carbocycles. The van der Waals surface area contributed by atoms with Crippen molar-refractivity contribution < 1.29 is 4.74 Å². The van der Waals surface area contributed by atoms with Crippen LogP contribution in [0.4, 0.5) is 0 Å². The van der Waals surface area contributed by atoms with Gasteiger partial charge in [-0.1, -0.05) is 11.6 Å². The molecule has 0 aliphatic carbocycles. The van der Waals surface area contributed by atoms with Crippen molar-refractivity contribution in [2.75, 3.05) is 7.11 Å². The number of rotatable bonds is 7. The Morgan fingerprint density at radius 2 is 2.22 bits per heavy atom. The minimum atomic E-state index is 0.00121. The molecule has 3 heteroatoms. The molecule has 1 aromatic heterocycles. The van der Waals surface area contributed by atoms with Crippen LogP contribution in [0, 0.1) is 6.92 Å². The molecule has 1 aromatic rings. The highest BCUT2D eigenvalue weighted by Gasteiger charge is 2.14. The van der Waals surface area contributed by atoms with Crippen LogP contribution >= 0.6 is 0 Å². The molecule has 0 aliphatic rings. The van der Waals surface area contributed by atoms with E-state index in [1.165, 1.54) is 12.0 Å². The second kappa shape index (κ2) is 6.74. The van der Waals surface area contributed by atoms with E-state index in [4.69, 9.17) is 4.74 Å². The van der Waals surface area contributed by atoms with Crippen molar-refractivity contribution in [2.24, 2.45) is 0 Å². The zero-order chi connectivity index (χ0) is 13.6. The van der Waals surface area contributed by atoms with Crippen LogP contribution in [0.25, 0.3) is 0 Å². The summed E-state index contributed by atoms with van der Waals surface area (Å²) in [6, 6.07) is 0. The van der Waals surface area contributed by atoms with Crippen LogP contribution in [0.2, 0.25) is 0 Å². The van der Waals surface area contributed by atoms with Crippen molar-refractivity contribution in [1.29, 1.82) is 0 Å². The molecule has 0 atom stereocenters. The van der Waals surface area contributed by atoms with Crippen molar-refractivity contribution in [1.82, 2.24) is 9.55 Å². The van der Waals surface area contributed by atoms with Gasteiger partial charge >= 0.3 is 0 Å². The number of imidazole rings is 1. The number of allylic oxidation sites excluding steroid dienone is 2. The van der Waals surface area contributed by atoms with Crippen LogP contribution in [0.15, 0.2) is 24.0 Å². The number of ether oxygens (including phenoxy) is 1. The Balaban J connectivity index is 2.33. The summed E-state index contributed by atoms with van der Waals surface area (Å²) in [5.74, 6) is 1.07. The molecule has 0 saturated carbocycles. The second-order valence-corrected chi connectivity index (χ2v) is 5.49. The number of methoxy groups -OCH3 is 1. The normalized spacial score (nSPS) is 13.1. The summed E-state index contributed by atoms with van der Waals surface area (Å²) >= 11 is 0. The lowest BCUT2D eigenvalue weighted by molar-refractivity contribution is 0.0140. The Kier molecular flexibility index (Phi) is 5.60. The van der Waals surface area contributed by atoms with E-state index in [0.29, 0.717) is 0 Å². The third-order valence-electron chi connectivity index (χ3n) is 3.46. The van der Waals surface area contributed by atoms with E-state index in [2.05, 4.69) is 36.4 Å². The van der Waals surface area contributed by atoms with Gasteiger partial charge in [-0.05, 0) is 47.0 Å². The van der Waals surface area contributed by atoms with Crippen LogP contribution in [0.5, 0.6) is 0 Å². The van der Waals surface area contributed by atoms with Gasteiger partial charge in [-0.2, -0.15) is 0 Å². The fourth-order valence-corrected chi connectivity index (χ4v) is 1.85. The quantitative estimate of drug-likeness (QED) is 0.689. The maximum Gasteiger partial charge on any atom is 0.105 e. The lowest BCUT2D eigenvalue weighted by Crippen LogP contribution is -2.21. The molecule has 102 valence electrons. The Morgan fingerprint density at radius 1 is 1.50 bits per heavy atom. The molecule has 0 N–H and O–H groups in total. The first kappa shape index (κ1) is 15.0. The summed E-state index contributed by atoms with van der Waals surface area (Å²) in [5.41, 5.74) is 1.44. The summed E-state index contributed by atoms with van der Waals surface area (Å²) in [6.07, 6.45) is 9.56. The van der Waals surface area contributed by atoms with Crippen LogP contribution in [0.3, 0.4) is 0 Å². The largest absolute Gasteiger partial charge is 0.379 e. The van der Waals surface area contributed by atoms with Gasteiger partial charge in [0.1, 0.15) is 5.82 Å². The third-order valence-corrected chi connectivity index (χ3v) is 3.46. The number of aryl methyl sites for hydroxylation is 1. The van der Waals surface area contributed by atoms with E-state index in [9.17, 15) is 0 Å². The van der Waals surface area contributed by atoms with Gasteiger partial charge in [0.15, 0.2) is 0 Å². The zero-order valence-corrected chi connectivity index (χ0v) is 12.4. The SMILES string of the molecule is COC(C)(C)CCC/C(C)=C/Cn1ccnc1C. The molecule has 0 fully saturated rings. The molecular formula is C15H26N2O. The molecule has 0 amide bonds. The van der Waals surface area contributed by atoms with Crippen molar-refractivity contribution in [3.05, 3.63) is 29.9 Å². The molecule has 0 spiro atoms. The minimum Gasteiger partial charge on any atom is -0.379 e. The van der Waals surface area contributed by atoms with E-state index in [0.717, 1.165) is 25.2 Å². The van der Waals surface area contributed by atoms with E-state index in [1.807, 2.05) is 19.3 Å². The minimum absolute atomic E-state index is 0.00121. The molecule has 1 heterocycles. The van der Waals surface area contributed by atoms with Crippen molar-refractivity contribution in [2.45, 2.75) is 59.1 Å². The first-order valence-corrected chi connectivity index (χ1v) is 6.63. The highest BCUT2D eigenvalue weighted by atomic mass is 16.5. The molecule has 0 bridgehead atoms. The topological polar surface area (TPSA) is 27.1 Å². The summed E-state index contributed by atoms with van der Waals surface area (Å²) in [7, 11) is 1.78. The zero-order valence-electron chi connectivity index (χ0n) is 12.4. The van der Waals surface area contributed by atoms with Gasteiger partial charge in [-0.25, -0.2) is 4.98 Å². The average Bonchev–Trinajstić information content (AvgIpc) is 2.72. The van der Waals surface area contributed by atoms with Gasteiger partial charge in [-0.15, -0.1) is 0 Å². The van der Waals surface area contributed by atoms with Gasteiger partial charge in [0.05, 0.1) is 5.60 Å². The average molecular weight is 250 g/mol. The predicted octanol–water partition coefficient (Wildman–Crippen LogP) is 3.73. The molecule has 1 rings (SSSR count). The van der Waals surface area contributed by atoms with E-state index >= 15 is 0 Å². The first-order valence-electron chi connectivity index (χ1n) is 6.63. The second-order valence-electron chi connectivity index (χ2n) is 5.49. The lowest BCUT2D eigenvalue weighted by atomic mass is 9.99. The Labute approximate surface area is 111 Å².